The largest absolute Gasteiger partial charge is 0.480 e. The van der Waals surface area contributed by atoms with Crippen molar-refractivity contribution in [3.8, 4) is 0 Å². The number of carboxylic acids is 1. The predicted octanol–water partition coefficient (Wildman–Crippen LogP) is 1.05. The average Bonchev–Trinajstić information content (AvgIpc) is 2.17. The molecule has 1 rings (SSSR count). The van der Waals surface area contributed by atoms with Crippen LogP contribution in [0.2, 0.25) is 0 Å². The summed E-state index contributed by atoms with van der Waals surface area (Å²) in [5.41, 5.74) is 0.366. The summed E-state index contributed by atoms with van der Waals surface area (Å²) in [4.78, 5) is 25.8. The van der Waals surface area contributed by atoms with Crippen molar-refractivity contribution in [2.24, 2.45) is 0 Å². The van der Waals surface area contributed by atoms with Crippen molar-refractivity contribution < 1.29 is 14.7 Å². The Balaban J connectivity index is 2.73. The third-order valence-corrected chi connectivity index (χ3v) is 2.14. The molecule has 0 aromatic carbocycles. The molecule has 6 heteroatoms. The molecule has 0 radical (unpaired) electrons. The highest BCUT2D eigenvalue weighted by molar-refractivity contribution is 9.10. The second-order valence-electron chi connectivity index (χ2n) is 2.90. The van der Waals surface area contributed by atoms with Crippen LogP contribution in [0.3, 0.4) is 0 Å². The normalized spacial score (nSPS) is 11.9. The van der Waals surface area contributed by atoms with Gasteiger partial charge in [-0.1, -0.05) is 0 Å². The van der Waals surface area contributed by atoms with Gasteiger partial charge in [-0.15, -0.1) is 0 Å². The van der Waals surface area contributed by atoms with Gasteiger partial charge in [0.1, 0.15) is 10.6 Å². The van der Waals surface area contributed by atoms with E-state index in [-0.39, 0.29) is 0 Å². The molecule has 1 amide bonds. The van der Waals surface area contributed by atoms with Crippen molar-refractivity contribution >= 4 is 27.8 Å². The number of rotatable bonds is 3. The molecule has 1 heterocycles. The Labute approximate surface area is 94.6 Å². The smallest absolute Gasteiger partial charge is 0.325 e. The maximum absolute atomic E-state index is 11.5. The molecule has 1 unspecified atom stereocenters. The van der Waals surface area contributed by atoms with E-state index in [9.17, 15) is 9.59 Å². The molecule has 1 aromatic heterocycles. The number of hydrogen-bond donors (Lipinski definition) is 2. The Morgan fingerprint density at radius 3 is 2.80 bits per heavy atom. The number of pyridine rings is 1. The van der Waals surface area contributed by atoms with Gasteiger partial charge in [0.2, 0.25) is 0 Å². The van der Waals surface area contributed by atoms with Crippen LogP contribution in [-0.2, 0) is 4.79 Å². The van der Waals surface area contributed by atoms with Gasteiger partial charge in [0.15, 0.2) is 0 Å². The van der Waals surface area contributed by atoms with E-state index in [4.69, 9.17) is 5.11 Å². The highest BCUT2D eigenvalue weighted by atomic mass is 79.9. The maximum atomic E-state index is 11.5. The fraction of sp³-hybridized carbons (Fsp3) is 0.222. The summed E-state index contributed by atoms with van der Waals surface area (Å²) in [6.45, 7) is 1.40. The van der Waals surface area contributed by atoms with E-state index in [1.54, 1.807) is 0 Å². The van der Waals surface area contributed by atoms with Gasteiger partial charge in [-0.05, 0) is 35.0 Å². The molecule has 0 aliphatic rings. The average molecular weight is 273 g/mol. The van der Waals surface area contributed by atoms with Crippen molar-refractivity contribution in [1.82, 2.24) is 10.3 Å². The second kappa shape index (κ2) is 4.88. The molecule has 0 spiro atoms. The molecule has 0 saturated heterocycles. The van der Waals surface area contributed by atoms with Gasteiger partial charge in [-0.2, -0.15) is 0 Å². The van der Waals surface area contributed by atoms with Crippen molar-refractivity contribution in [3.05, 3.63) is 28.5 Å². The fourth-order valence-corrected chi connectivity index (χ4v) is 1.25. The Morgan fingerprint density at radius 2 is 2.27 bits per heavy atom. The number of aliphatic carboxylic acids is 1. The minimum Gasteiger partial charge on any atom is -0.480 e. The van der Waals surface area contributed by atoms with Crippen LogP contribution in [0.5, 0.6) is 0 Å². The third-order valence-electron chi connectivity index (χ3n) is 1.71. The van der Waals surface area contributed by atoms with Gasteiger partial charge in [0, 0.05) is 11.8 Å². The molecular weight excluding hydrogens is 264 g/mol. The van der Waals surface area contributed by atoms with Crippen LogP contribution in [0.4, 0.5) is 0 Å². The predicted molar refractivity (Wildman–Crippen MR) is 56.5 cm³/mol. The molecule has 5 nitrogen and oxygen atoms in total. The minimum absolute atomic E-state index is 0.366. The van der Waals surface area contributed by atoms with Gasteiger partial charge in [0.25, 0.3) is 5.91 Å². The summed E-state index contributed by atoms with van der Waals surface area (Å²) in [6.07, 6.45) is 1.46. The monoisotopic (exact) mass is 272 g/mol. The second-order valence-corrected chi connectivity index (χ2v) is 3.71. The summed E-state index contributed by atoms with van der Waals surface area (Å²) >= 11 is 3.12. The fourth-order valence-electron chi connectivity index (χ4n) is 0.885. The first-order chi connectivity index (χ1) is 7.00. The summed E-state index contributed by atoms with van der Waals surface area (Å²) in [5, 5.41) is 10.9. The highest BCUT2D eigenvalue weighted by Crippen LogP contribution is 2.07. The molecule has 15 heavy (non-hydrogen) atoms. The van der Waals surface area contributed by atoms with Gasteiger partial charge >= 0.3 is 5.97 Å². The standard InChI is InChI=1S/C9H9BrN2O3/c1-5(9(14)15)12-8(13)6-2-3-11-7(10)4-6/h2-5H,1H3,(H,12,13)(H,14,15). The van der Waals surface area contributed by atoms with Crippen LogP contribution in [0.15, 0.2) is 22.9 Å². The van der Waals surface area contributed by atoms with Gasteiger partial charge < -0.3 is 10.4 Å². The first-order valence-electron chi connectivity index (χ1n) is 4.16. The lowest BCUT2D eigenvalue weighted by molar-refractivity contribution is -0.138. The third kappa shape index (κ3) is 3.32. The molecule has 0 aliphatic heterocycles. The Kier molecular flexibility index (Phi) is 3.79. The lowest BCUT2D eigenvalue weighted by Gasteiger charge is -2.08. The highest BCUT2D eigenvalue weighted by Gasteiger charge is 2.15. The molecule has 0 saturated carbocycles. The van der Waals surface area contributed by atoms with E-state index in [2.05, 4.69) is 26.2 Å². The molecule has 1 aromatic rings. The SMILES string of the molecule is CC(NC(=O)c1ccnc(Br)c1)C(=O)O. The Morgan fingerprint density at radius 1 is 1.60 bits per heavy atom. The molecule has 2 N–H and O–H groups in total. The number of hydrogen-bond acceptors (Lipinski definition) is 3. The van der Waals surface area contributed by atoms with Crippen molar-refractivity contribution in [2.75, 3.05) is 0 Å². The van der Waals surface area contributed by atoms with Crippen LogP contribution in [-0.4, -0.2) is 28.0 Å². The molecule has 0 aliphatic carbocycles. The summed E-state index contributed by atoms with van der Waals surface area (Å²) < 4.78 is 0.526. The molecular formula is C9H9BrN2O3. The van der Waals surface area contributed by atoms with Crippen LogP contribution in [0, 0.1) is 0 Å². The van der Waals surface area contributed by atoms with E-state index in [0.29, 0.717) is 10.2 Å². The van der Waals surface area contributed by atoms with Crippen LogP contribution >= 0.6 is 15.9 Å². The number of nitrogens with one attached hydrogen (secondary N) is 1. The molecule has 1 atom stereocenters. The van der Waals surface area contributed by atoms with E-state index >= 15 is 0 Å². The van der Waals surface area contributed by atoms with Gasteiger partial charge in [-0.25, -0.2) is 4.98 Å². The van der Waals surface area contributed by atoms with E-state index in [0.717, 1.165) is 0 Å². The minimum atomic E-state index is -1.07. The van der Waals surface area contributed by atoms with Crippen LogP contribution in [0.1, 0.15) is 17.3 Å². The number of aromatic nitrogens is 1. The zero-order valence-electron chi connectivity index (χ0n) is 7.90. The maximum Gasteiger partial charge on any atom is 0.325 e. The van der Waals surface area contributed by atoms with E-state index in [1.165, 1.54) is 25.3 Å². The number of carbonyl (C=O) groups excluding carboxylic acids is 1. The van der Waals surface area contributed by atoms with E-state index in [1.807, 2.05) is 0 Å². The molecule has 0 bridgehead atoms. The zero-order chi connectivity index (χ0) is 11.4. The number of nitrogens with zero attached hydrogens (tertiary/aromatic N) is 1. The van der Waals surface area contributed by atoms with Crippen molar-refractivity contribution in [3.63, 3.8) is 0 Å². The Bertz CT molecular complexity index is 395. The first-order valence-corrected chi connectivity index (χ1v) is 4.95. The quantitative estimate of drug-likeness (QED) is 0.807. The molecule has 80 valence electrons. The van der Waals surface area contributed by atoms with Crippen molar-refractivity contribution in [1.29, 1.82) is 0 Å². The topological polar surface area (TPSA) is 79.3 Å². The van der Waals surface area contributed by atoms with E-state index < -0.39 is 17.9 Å². The number of carbonyl (C=O) groups is 2. The molecule has 0 fully saturated rings. The Hall–Kier alpha value is -1.43. The first kappa shape index (κ1) is 11.6. The summed E-state index contributed by atoms with van der Waals surface area (Å²) in [5.74, 6) is -1.51. The van der Waals surface area contributed by atoms with Gasteiger partial charge in [-0.3, -0.25) is 9.59 Å². The lowest BCUT2D eigenvalue weighted by atomic mass is 10.2. The summed E-state index contributed by atoms with van der Waals surface area (Å²) in [6, 6.07) is 2.11. The number of amides is 1. The van der Waals surface area contributed by atoms with Crippen molar-refractivity contribution in [2.45, 2.75) is 13.0 Å². The number of carboxylic acid groups (broad SMARTS) is 1. The van der Waals surface area contributed by atoms with Crippen LogP contribution in [0.25, 0.3) is 0 Å². The van der Waals surface area contributed by atoms with Crippen LogP contribution < -0.4 is 5.32 Å². The zero-order valence-corrected chi connectivity index (χ0v) is 9.48. The number of halogens is 1. The van der Waals surface area contributed by atoms with Gasteiger partial charge in [0.05, 0.1) is 0 Å². The lowest BCUT2D eigenvalue weighted by Crippen LogP contribution is -2.38. The summed E-state index contributed by atoms with van der Waals surface area (Å²) in [7, 11) is 0.